The van der Waals surface area contributed by atoms with Crippen molar-refractivity contribution in [2.24, 2.45) is 5.11 Å². The Bertz CT molecular complexity index is 678. The predicted molar refractivity (Wildman–Crippen MR) is 83.3 cm³/mol. The third kappa shape index (κ3) is 3.00. The van der Waals surface area contributed by atoms with E-state index in [2.05, 4.69) is 25.4 Å². The molecule has 0 spiro atoms. The second-order valence-electron chi connectivity index (χ2n) is 4.81. The lowest BCUT2D eigenvalue weighted by atomic mass is 10.0. The van der Waals surface area contributed by atoms with Crippen LogP contribution in [0, 0.1) is 5.82 Å². The molecule has 1 N–H and O–H groups in total. The Hall–Kier alpha value is -2.25. The summed E-state index contributed by atoms with van der Waals surface area (Å²) in [6.07, 6.45) is 1.47. The van der Waals surface area contributed by atoms with E-state index < -0.39 is 6.04 Å². The van der Waals surface area contributed by atoms with Gasteiger partial charge >= 0.3 is 0 Å². The summed E-state index contributed by atoms with van der Waals surface area (Å²) in [5.74, 6) is 1.69. The predicted octanol–water partition coefficient (Wildman–Crippen LogP) is 2.90. The Morgan fingerprint density at radius 1 is 1.41 bits per heavy atom. The molecular formula is C13H14FN7S. The molecule has 0 aliphatic carbocycles. The highest BCUT2D eigenvalue weighted by Crippen LogP contribution is 2.29. The minimum Gasteiger partial charge on any atom is -0.368 e. The Balaban J connectivity index is 1.91. The van der Waals surface area contributed by atoms with Crippen LogP contribution >= 0.6 is 11.8 Å². The molecule has 0 amide bonds. The number of aromatic nitrogens is 3. The van der Waals surface area contributed by atoms with E-state index in [0.29, 0.717) is 16.9 Å². The van der Waals surface area contributed by atoms with Gasteiger partial charge in [0.05, 0.1) is 17.6 Å². The van der Waals surface area contributed by atoms with Gasteiger partial charge in [0, 0.05) is 29.5 Å². The number of anilines is 1. The molecule has 1 fully saturated rings. The number of azide groups is 1. The highest BCUT2D eigenvalue weighted by atomic mass is 32.2. The molecule has 2 aromatic rings. The number of hydrogen-bond acceptors (Lipinski definition) is 5. The summed E-state index contributed by atoms with van der Waals surface area (Å²) in [6, 6.07) is 4.23. The van der Waals surface area contributed by atoms with Gasteiger partial charge in [-0.25, -0.2) is 4.39 Å². The van der Waals surface area contributed by atoms with Gasteiger partial charge in [0.2, 0.25) is 0 Å². The summed E-state index contributed by atoms with van der Waals surface area (Å²) in [7, 11) is 0. The molecule has 1 aliphatic heterocycles. The number of hydrogen-bond donors (Lipinski definition) is 1. The third-order valence-electron chi connectivity index (χ3n) is 3.52. The molecule has 1 aromatic carbocycles. The fourth-order valence-corrected chi connectivity index (χ4v) is 3.35. The van der Waals surface area contributed by atoms with Crippen LogP contribution in [0.5, 0.6) is 0 Å². The van der Waals surface area contributed by atoms with Crippen LogP contribution in [0.3, 0.4) is 0 Å². The largest absolute Gasteiger partial charge is 0.368 e. The molecule has 3 rings (SSSR count). The van der Waals surface area contributed by atoms with Crippen LogP contribution in [-0.4, -0.2) is 40.0 Å². The van der Waals surface area contributed by atoms with Crippen molar-refractivity contribution in [1.29, 1.82) is 0 Å². The second-order valence-corrected chi connectivity index (χ2v) is 6.04. The Morgan fingerprint density at radius 2 is 2.23 bits per heavy atom. The minimum atomic E-state index is -0.691. The molecule has 9 heteroatoms. The third-order valence-corrected chi connectivity index (χ3v) is 4.46. The summed E-state index contributed by atoms with van der Waals surface area (Å²) >= 11 is 1.87. The van der Waals surface area contributed by atoms with Crippen molar-refractivity contribution in [3.8, 4) is 0 Å². The molecule has 1 atom stereocenters. The molecule has 7 nitrogen and oxygen atoms in total. The first-order valence-corrected chi connectivity index (χ1v) is 7.97. The SMILES string of the molecule is [N-]=[N+]=NC(c1ccc(N2CCSCC2)c(F)c1)c1cn[nH]n1. The molecule has 1 aromatic heterocycles. The van der Waals surface area contributed by atoms with Gasteiger partial charge in [-0.1, -0.05) is 11.2 Å². The average molecular weight is 319 g/mol. The fraction of sp³-hybridized carbons (Fsp3) is 0.385. The first-order valence-electron chi connectivity index (χ1n) is 6.81. The van der Waals surface area contributed by atoms with Crippen LogP contribution in [0.1, 0.15) is 17.3 Å². The number of H-pyrrole nitrogens is 1. The highest BCUT2D eigenvalue weighted by Gasteiger charge is 2.19. The van der Waals surface area contributed by atoms with Crippen molar-refractivity contribution in [3.63, 3.8) is 0 Å². The lowest BCUT2D eigenvalue weighted by molar-refractivity contribution is 0.615. The molecule has 0 saturated carbocycles. The first kappa shape index (κ1) is 14.7. The van der Waals surface area contributed by atoms with Crippen molar-refractivity contribution in [1.82, 2.24) is 15.4 Å². The Labute approximate surface area is 130 Å². The summed E-state index contributed by atoms with van der Waals surface area (Å²) < 4.78 is 14.4. The summed E-state index contributed by atoms with van der Waals surface area (Å²) in [5.41, 5.74) is 10.3. The van der Waals surface area contributed by atoms with Crippen molar-refractivity contribution < 1.29 is 4.39 Å². The lowest BCUT2D eigenvalue weighted by Crippen LogP contribution is -2.33. The number of thioether (sulfide) groups is 1. The second kappa shape index (κ2) is 6.67. The maximum absolute atomic E-state index is 14.4. The molecule has 114 valence electrons. The van der Waals surface area contributed by atoms with Crippen LogP contribution in [0.15, 0.2) is 29.5 Å². The molecule has 2 heterocycles. The minimum absolute atomic E-state index is 0.314. The maximum Gasteiger partial charge on any atom is 0.146 e. The van der Waals surface area contributed by atoms with Gasteiger partial charge in [-0.05, 0) is 23.2 Å². The number of nitrogens with zero attached hydrogens (tertiary/aromatic N) is 6. The zero-order valence-electron chi connectivity index (χ0n) is 11.7. The number of aromatic amines is 1. The van der Waals surface area contributed by atoms with E-state index in [-0.39, 0.29) is 5.82 Å². The molecule has 1 saturated heterocycles. The Morgan fingerprint density at radius 3 is 2.86 bits per heavy atom. The van der Waals surface area contributed by atoms with Crippen molar-refractivity contribution in [2.45, 2.75) is 6.04 Å². The number of halogens is 1. The normalized spacial score (nSPS) is 16.1. The summed E-state index contributed by atoms with van der Waals surface area (Å²) in [4.78, 5) is 4.85. The van der Waals surface area contributed by atoms with E-state index in [9.17, 15) is 4.39 Å². The standard InChI is InChI=1S/C13H14FN7S/c14-10-7-9(13(18-19-15)11-8-16-20-17-11)1-2-12(10)21-3-5-22-6-4-21/h1-2,7-8,13H,3-6H2,(H,16,17,20). The van der Waals surface area contributed by atoms with Gasteiger partial charge in [-0.15, -0.1) is 0 Å². The topological polar surface area (TPSA) is 93.6 Å². The van der Waals surface area contributed by atoms with Gasteiger partial charge in [0.25, 0.3) is 0 Å². The van der Waals surface area contributed by atoms with Gasteiger partial charge in [-0.3, -0.25) is 0 Å². The van der Waals surface area contributed by atoms with Crippen LogP contribution in [0.2, 0.25) is 0 Å². The molecule has 0 radical (unpaired) electrons. The number of nitrogens with one attached hydrogen (secondary N) is 1. The van der Waals surface area contributed by atoms with Gasteiger partial charge < -0.3 is 4.90 Å². The highest BCUT2D eigenvalue weighted by molar-refractivity contribution is 7.99. The summed E-state index contributed by atoms with van der Waals surface area (Å²) in [6.45, 7) is 1.67. The lowest BCUT2D eigenvalue weighted by Gasteiger charge is -2.29. The van der Waals surface area contributed by atoms with Gasteiger partial charge in [0.15, 0.2) is 0 Å². The van der Waals surface area contributed by atoms with E-state index >= 15 is 0 Å². The molecule has 1 unspecified atom stereocenters. The van der Waals surface area contributed by atoms with Crippen molar-refractivity contribution >= 4 is 17.4 Å². The zero-order valence-corrected chi connectivity index (χ0v) is 12.5. The monoisotopic (exact) mass is 319 g/mol. The Kier molecular flexibility index (Phi) is 4.45. The van der Waals surface area contributed by atoms with E-state index in [1.165, 1.54) is 12.3 Å². The molecular weight excluding hydrogens is 305 g/mol. The zero-order chi connectivity index (χ0) is 15.4. The molecule has 1 aliphatic rings. The smallest absolute Gasteiger partial charge is 0.146 e. The van der Waals surface area contributed by atoms with Crippen molar-refractivity contribution in [3.05, 3.63) is 51.9 Å². The first-order chi connectivity index (χ1) is 10.8. The van der Waals surface area contributed by atoms with Gasteiger partial charge in [-0.2, -0.15) is 27.2 Å². The molecule has 22 heavy (non-hydrogen) atoms. The summed E-state index contributed by atoms with van der Waals surface area (Å²) in [5, 5.41) is 13.8. The van der Waals surface area contributed by atoms with E-state index in [4.69, 9.17) is 5.53 Å². The number of benzene rings is 1. The number of rotatable bonds is 4. The van der Waals surface area contributed by atoms with Crippen molar-refractivity contribution in [2.75, 3.05) is 29.5 Å². The van der Waals surface area contributed by atoms with Crippen LogP contribution < -0.4 is 4.90 Å². The van der Waals surface area contributed by atoms with Crippen LogP contribution in [0.4, 0.5) is 10.1 Å². The van der Waals surface area contributed by atoms with E-state index in [0.717, 1.165) is 24.6 Å². The fourth-order valence-electron chi connectivity index (χ4n) is 2.44. The maximum atomic E-state index is 14.4. The quantitative estimate of drug-likeness (QED) is 0.532. The van der Waals surface area contributed by atoms with Gasteiger partial charge in [0.1, 0.15) is 11.9 Å². The van der Waals surface area contributed by atoms with Crippen LogP contribution in [0.25, 0.3) is 10.4 Å². The van der Waals surface area contributed by atoms with Crippen LogP contribution in [-0.2, 0) is 0 Å². The van der Waals surface area contributed by atoms with E-state index in [1.54, 1.807) is 12.1 Å². The average Bonchev–Trinajstić information content (AvgIpc) is 3.07. The molecule has 0 bridgehead atoms. The van der Waals surface area contributed by atoms with E-state index in [1.807, 2.05) is 16.7 Å².